The van der Waals surface area contributed by atoms with Gasteiger partial charge in [-0.05, 0) is 42.1 Å². The Bertz CT molecular complexity index is 1080. The van der Waals surface area contributed by atoms with Crippen molar-refractivity contribution in [2.24, 2.45) is 0 Å². The Balaban J connectivity index is 1.46. The van der Waals surface area contributed by atoms with E-state index in [2.05, 4.69) is 82.1 Å². The number of fused-ring (bicyclic) bond motifs is 3. The lowest BCUT2D eigenvalue weighted by Crippen LogP contribution is -2.51. The third kappa shape index (κ3) is 3.96. The second kappa shape index (κ2) is 9.08. The van der Waals surface area contributed by atoms with Gasteiger partial charge in [-0.3, -0.25) is 9.69 Å². The minimum atomic E-state index is -0.0542. The van der Waals surface area contributed by atoms with E-state index in [1.165, 1.54) is 27.8 Å². The van der Waals surface area contributed by atoms with Gasteiger partial charge in [-0.15, -0.1) is 0 Å². The summed E-state index contributed by atoms with van der Waals surface area (Å²) in [6.45, 7) is 10.8. The van der Waals surface area contributed by atoms with Gasteiger partial charge in [0.05, 0.1) is 12.6 Å². The molecule has 5 rings (SSSR count). The predicted octanol–water partition coefficient (Wildman–Crippen LogP) is 3.84. The molecule has 0 aliphatic carbocycles. The van der Waals surface area contributed by atoms with Gasteiger partial charge in [0.15, 0.2) is 0 Å². The summed E-state index contributed by atoms with van der Waals surface area (Å²) in [6.07, 6.45) is 1.92. The van der Waals surface area contributed by atoms with Crippen LogP contribution in [0.2, 0.25) is 0 Å². The van der Waals surface area contributed by atoms with Gasteiger partial charge in [0, 0.05) is 49.3 Å². The van der Waals surface area contributed by atoms with E-state index in [9.17, 15) is 4.79 Å². The average molecular weight is 431 g/mol. The van der Waals surface area contributed by atoms with Crippen LogP contribution in [0.5, 0.6) is 0 Å². The first kappa shape index (κ1) is 21.2. The highest BCUT2D eigenvalue weighted by atomic mass is 16.2. The number of hydrogen-bond acceptors (Lipinski definition) is 3. The topological polar surface area (TPSA) is 42.6 Å². The Hall–Kier alpha value is -2.63. The third-order valence-electron chi connectivity index (χ3n) is 7.33. The summed E-state index contributed by atoms with van der Waals surface area (Å²) in [6, 6.07) is 17.3. The zero-order valence-corrected chi connectivity index (χ0v) is 19.3. The molecule has 3 aromatic rings. The fourth-order valence-electron chi connectivity index (χ4n) is 5.34. The number of rotatable bonds is 5. The molecule has 1 atom stereocenters. The SMILES string of the molecule is CCc1ccc([C@H]2c3[nH]c4ccccc4c3CCN2C(=O)CN2CCN(CC)CC2)cc1. The fourth-order valence-corrected chi connectivity index (χ4v) is 5.34. The van der Waals surface area contributed by atoms with Crippen molar-refractivity contribution >= 4 is 16.8 Å². The molecule has 1 aromatic heterocycles. The van der Waals surface area contributed by atoms with E-state index in [0.717, 1.165) is 57.6 Å². The molecule has 5 nitrogen and oxygen atoms in total. The van der Waals surface area contributed by atoms with Crippen LogP contribution in [0.4, 0.5) is 0 Å². The number of likely N-dealkylation sites (N-methyl/N-ethyl adjacent to an activating group) is 1. The summed E-state index contributed by atoms with van der Waals surface area (Å²) in [5.74, 6) is 0.240. The summed E-state index contributed by atoms with van der Waals surface area (Å²) in [7, 11) is 0. The number of benzene rings is 2. The number of hydrogen-bond donors (Lipinski definition) is 1. The minimum Gasteiger partial charge on any atom is -0.356 e. The number of H-pyrrole nitrogens is 1. The molecule has 1 fully saturated rings. The number of nitrogens with one attached hydrogen (secondary N) is 1. The van der Waals surface area contributed by atoms with Gasteiger partial charge in [0.1, 0.15) is 0 Å². The largest absolute Gasteiger partial charge is 0.356 e. The normalized spacial score (nSPS) is 19.9. The highest BCUT2D eigenvalue weighted by Gasteiger charge is 2.35. The van der Waals surface area contributed by atoms with Crippen LogP contribution in [0.25, 0.3) is 10.9 Å². The van der Waals surface area contributed by atoms with Gasteiger partial charge in [-0.25, -0.2) is 0 Å². The van der Waals surface area contributed by atoms with Crippen molar-refractivity contribution in [1.82, 2.24) is 19.7 Å². The molecule has 0 spiro atoms. The van der Waals surface area contributed by atoms with E-state index in [1.807, 2.05) is 0 Å². The molecule has 0 bridgehead atoms. The molecular weight excluding hydrogens is 396 g/mol. The molecular formula is C27H34N4O. The van der Waals surface area contributed by atoms with E-state index in [-0.39, 0.29) is 11.9 Å². The van der Waals surface area contributed by atoms with Gasteiger partial charge in [-0.2, -0.15) is 0 Å². The van der Waals surface area contributed by atoms with Crippen LogP contribution in [-0.4, -0.2) is 71.4 Å². The summed E-state index contributed by atoms with van der Waals surface area (Å²) in [5.41, 5.74) is 6.24. The van der Waals surface area contributed by atoms with Crippen LogP contribution in [-0.2, 0) is 17.6 Å². The van der Waals surface area contributed by atoms with Crippen LogP contribution >= 0.6 is 0 Å². The van der Waals surface area contributed by atoms with Gasteiger partial charge in [0.25, 0.3) is 0 Å². The summed E-state index contributed by atoms with van der Waals surface area (Å²) in [5, 5.41) is 1.29. The first-order valence-corrected chi connectivity index (χ1v) is 12.1. The molecule has 0 radical (unpaired) electrons. The Morgan fingerprint density at radius 3 is 2.38 bits per heavy atom. The summed E-state index contributed by atoms with van der Waals surface area (Å²) < 4.78 is 0. The monoisotopic (exact) mass is 430 g/mol. The molecule has 1 amide bonds. The van der Waals surface area contributed by atoms with Gasteiger partial charge in [0.2, 0.25) is 5.91 Å². The van der Waals surface area contributed by atoms with Gasteiger partial charge < -0.3 is 14.8 Å². The number of aryl methyl sites for hydroxylation is 1. The predicted molar refractivity (Wildman–Crippen MR) is 130 cm³/mol. The Labute approximate surface area is 191 Å². The first-order chi connectivity index (χ1) is 15.7. The Morgan fingerprint density at radius 1 is 0.938 bits per heavy atom. The molecule has 2 aliphatic heterocycles. The fraction of sp³-hybridized carbons (Fsp3) is 0.444. The zero-order valence-electron chi connectivity index (χ0n) is 19.3. The maximum absolute atomic E-state index is 13.6. The van der Waals surface area contributed by atoms with Crippen LogP contribution < -0.4 is 0 Å². The minimum absolute atomic E-state index is 0.0542. The lowest BCUT2D eigenvalue weighted by molar-refractivity contribution is -0.135. The van der Waals surface area contributed by atoms with Gasteiger partial charge >= 0.3 is 0 Å². The number of aromatic amines is 1. The molecule has 32 heavy (non-hydrogen) atoms. The van der Waals surface area contributed by atoms with Crippen molar-refractivity contribution in [3.63, 3.8) is 0 Å². The molecule has 0 unspecified atom stereocenters. The van der Waals surface area contributed by atoms with Gasteiger partial charge in [-0.1, -0.05) is 56.3 Å². The van der Waals surface area contributed by atoms with Crippen molar-refractivity contribution in [2.45, 2.75) is 32.7 Å². The molecule has 2 aromatic carbocycles. The van der Waals surface area contributed by atoms with E-state index in [0.29, 0.717) is 6.54 Å². The Morgan fingerprint density at radius 2 is 1.66 bits per heavy atom. The molecule has 168 valence electrons. The smallest absolute Gasteiger partial charge is 0.237 e. The van der Waals surface area contributed by atoms with Crippen LogP contribution in [0, 0.1) is 0 Å². The lowest BCUT2D eigenvalue weighted by Gasteiger charge is -2.39. The Kier molecular flexibility index (Phi) is 6.03. The van der Waals surface area contributed by atoms with Crippen LogP contribution in [0.3, 0.4) is 0 Å². The number of para-hydroxylation sites is 1. The summed E-state index contributed by atoms with van der Waals surface area (Å²) in [4.78, 5) is 24.2. The van der Waals surface area contributed by atoms with Crippen molar-refractivity contribution in [3.8, 4) is 0 Å². The molecule has 5 heteroatoms. The molecule has 1 saturated heterocycles. The zero-order chi connectivity index (χ0) is 22.1. The lowest BCUT2D eigenvalue weighted by atomic mass is 9.91. The highest BCUT2D eigenvalue weighted by Crippen LogP contribution is 2.38. The number of piperazine rings is 1. The molecule has 2 aliphatic rings. The number of carbonyl (C=O) groups excluding carboxylic acids is 1. The number of aromatic nitrogens is 1. The first-order valence-electron chi connectivity index (χ1n) is 12.1. The van der Waals surface area contributed by atoms with E-state index < -0.39 is 0 Å². The third-order valence-corrected chi connectivity index (χ3v) is 7.33. The maximum Gasteiger partial charge on any atom is 0.237 e. The van der Waals surface area contributed by atoms with Crippen molar-refractivity contribution < 1.29 is 4.79 Å². The number of nitrogens with zero attached hydrogens (tertiary/aromatic N) is 3. The van der Waals surface area contributed by atoms with Crippen molar-refractivity contribution in [1.29, 1.82) is 0 Å². The molecule has 1 N–H and O–H groups in total. The van der Waals surface area contributed by atoms with E-state index in [4.69, 9.17) is 0 Å². The molecule has 0 saturated carbocycles. The van der Waals surface area contributed by atoms with E-state index in [1.54, 1.807) is 0 Å². The standard InChI is InChI=1S/C27H34N4O/c1-3-20-9-11-21(12-10-20)27-26-23(22-7-5-6-8-24(22)28-26)13-14-31(27)25(32)19-30-17-15-29(4-2)16-18-30/h5-12,27-28H,3-4,13-19H2,1-2H3/t27-/m0/s1. The second-order valence-corrected chi connectivity index (χ2v) is 9.11. The quantitative estimate of drug-likeness (QED) is 0.669. The van der Waals surface area contributed by atoms with E-state index >= 15 is 0 Å². The number of amides is 1. The van der Waals surface area contributed by atoms with Crippen molar-refractivity contribution in [3.05, 3.63) is 70.9 Å². The second-order valence-electron chi connectivity index (χ2n) is 9.11. The number of carbonyl (C=O) groups is 1. The van der Waals surface area contributed by atoms with Crippen molar-refractivity contribution in [2.75, 3.05) is 45.8 Å². The maximum atomic E-state index is 13.6. The summed E-state index contributed by atoms with van der Waals surface area (Å²) >= 11 is 0. The highest BCUT2D eigenvalue weighted by molar-refractivity contribution is 5.87. The van der Waals surface area contributed by atoms with Crippen LogP contribution in [0.1, 0.15) is 42.3 Å². The average Bonchev–Trinajstić information content (AvgIpc) is 3.23. The van der Waals surface area contributed by atoms with Crippen LogP contribution in [0.15, 0.2) is 48.5 Å². The molecule has 3 heterocycles.